The Morgan fingerprint density at radius 1 is 1.10 bits per heavy atom. The van der Waals surface area contributed by atoms with Crippen LogP contribution in [-0.2, 0) is 16.0 Å². The zero-order chi connectivity index (χ0) is 21.1. The minimum Gasteiger partial charge on any atom is -0.472 e. The van der Waals surface area contributed by atoms with Crippen molar-refractivity contribution in [3.8, 4) is 5.75 Å². The van der Waals surface area contributed by atoms with Crippen LogP contribution in [0.5, 0.6) is 5.75 Å². The van der Waals surface area contributed by atoms with Crippen LogP contribution < -0.4 is 20.7 Å². The third kappa shape index (κ3) is 3.82. The highest BCUT2D eigenvalue weighted by atomic mass is 16.5. The highest BCUT2D eigenvalue weighted by molar-refractivity contribution is 6.06. The van der Waals surface area contributed by atoms with Gasteiger partial charge in [0.25, 0.3) is 5.91 Å². The van der Waals surface area contributed by atoms with E-state index in [1.54, 1.807) is 12.1 Å². The molecule has 1 aliphatic heterocycles. The van der Waals surface area contributed by atoms with E-state index in [9.17, 15) is 9.59 Å². The minimum absolute atomic E-state index is 0.201. The molecule has 2 amide bonds. The van der Waals surface area contributed by atoms with Gasteiger partial charge >= 0.3 is 0 Å². The standard InChI is InChI=1S/C23H22N4O3/c1-2-15-8-6-7-11-17(15)25-20(28)14-27-22-18(12-13-19(24)26-22)30-21(23(27)29)16-9-4-3-5-10-16/h3-13,21H,2,14H2,1H3,(H2,24,26)(H,25,28). The van der Waals surface area contributed by atoms with E-state index in [4.69, 9.17) is 10.5 Å². The lowest BCUT2D eigenvalue weighted by atomic mass is 10.1. The molecule has 0 bridgehead atoms. The molecule has 152 valence electrons. The third-order valence-corrected chi connectivity index (χ3v) is 4.93. The second kappa shape index (κ2) is 8.24. The maximum Gasteiger partial charge on any atom is 0.274 e. The van der Waals surface area contributed by atoms with Gasteiger partial charge in [-0.3, -0.25) is 14.5 Å². The van der Waals surface area contributed by atoms with Crippen LogP contribution in [0.2, 0.25) is 0 Å². The number of ether oxygens (including phenoxy) is 1. The van der Waals surface area contributed by atoms with Crippen LogP contribution in [0.1, 0.15) is 24.2 Å². The van der Waals surface area contributed by atoms with Crippen molar-refractivity contribution in [2.24, 2.45) is 0 Å². The summed E-state index contributed by atoms with van der Waals surface area (Å²) in [4.78, 5) is 31.7. The van der Waals surface area contributed by atoms with E-state index < -0.39 is 6.10 Å². The molecule has 0 fully saturated rings. The van der Waals surface area contributed by atoms with E-state index >= 15 is 0 Å². The molecule has 1 atom stereocenters. The average Bonchev–Trinajstić information content (AvgIpc) is 2.76. The lowest BCUT2D eigenvalue weighted by molar-refractivity contribution is -0.128. The lowest BCUT2D eigenvalue weighted by Crippen LogP contribution is -2.45. The number of nitrogen functional groups attached to an aromatic ring is 1. The van der Waals surface area contributed by atoms with E-state index in [1.807, 2.05) is 61.5 Å². The molecule has 0 saturated carbocycles. The van der Waals surface area contributed by atoms with E-state index in [0.29, 0.717) is 11.3 Å². The van der Waals surface area contributed by atoms with Gasteiger partial charge in [-0.05, 0) is 30.2 Å². The van der Waals surface area contributed by atoms with Crippen molar-refractivity contribution in [2.75, 3.05) is 22.5 Å². The Morgan fingerprint density at radius 2 is 1.83 bits per heavy atom. The molecule has 0 saturated heterocycles. The molecular formula is C23H22N4O3. The second-order valence-corrected chi connectivity index (χ2v) is 6.95. The van der Waals surface area contributed by atoms with E-state index in [0.717, 1.165) is 17.7 Å². The first-order chi connectivity index (χ1) is 14.6. The number of nitrogens with zero attached hydrogens (tertiary/aromatic N) is 2. The molecule has 0 radical (unpaired) electrons. The van der Waals surface area contributed by atoms with Gasteiger partial charge < -0.3 is 15.8 Å². The van der Waals surface area contributed by atoms with Gasteiger partial charge in [-0.1, -0.05) is 55.5 Å². The fourth-order valence-corrected chi connectivity index (χ4v) is 3.43. The number of rotatable bonds is 5. The number of aromatic nitrogens is 1. The van der Waals surface area contributed by atoms with Gasteiger partial charge in [0.15, 0.2) is 11.6 Å². The van der Waals surface area contributed by atoms with Gasteiger partial charge in [0, 0.05) is 11.3 Å². The first-order valence-electron chi connectivity index (χ1n) is 9.74. The van der Waals surface area contributed by atoms with Crippen molar-refractivity contribution >= 4 is 29.1 Å². The Bertz CT molecular complexity index is 1080. The van der Waals surface area contributed by atoms with Crippen LogP contribution in [0.4, 0.5) is 17.3 Å². The van der Waals surface area contributed by atoms with Crippen molar-refractivity contribution in [1.82, 2.24) is 4.98 Å². The number of pyridine rings is 1. The first kappa shape index (κ1) is 19.4. The summed E-state index contributed by atoms with van der Waals surface area (Å²) in [5.41, 5.74) is 8.27. The molecule has 1 aromatic heterocycles. The Balaban J connectivity index is 1.64. The quantitative estimate of drug-likeness (QED) is 0.682. The number of hydrogen-bond donors (Lipinski definition) is 2. The van der Waals surface area contributed by atoms with Crippen LogP contribution in [0.3, 0.4) is 0 Å². The Kier molecular flexibility index (Phi) is 5.34. The van der Waals surface area contributed by atoms with Gasteiger partial charge in [0.05, 0.1) is 0 Å². The molecule has 3 aromatic rings. The van der Waals surface area contributed by atoms with Gasteiger partial charge in [-0.15, -0.1) is 0 Å². The minimum atomic E-state index is -0.861. The number of aryl methyl sites for hydroxylation is 1. The molecule has 1 unspecified atom stereocenters. The number of fused-ring (bicyclic) bond motifs is 1. The maximum atomic E-state index is 13.3. The summed E-state index contributed by atoms with van der Waals surface area (Å²) in [7, 11) is 0. The zero-order valence-electron chi connectivity index (χ0n) is 16.5. The molecule has 7 nitrogen and oxygen atoms in total. The Labute approximate surface area is 174 Å². The maximum absolute atomic E-state index is 13.3. The molecule has 7 heteroatoms. The fraction of sp³-hybridized carbons (Fsp3) is 0.174. The summed E-state index contributed by atoms with van der Waals surface area (Å²) in [6.45, 7) is 1.82. The lowest BCUT2D eigenvalue weighted by Gasteiger charge is -2.33. The topological polar surface area (TPSA) is 97.5 Å². The number of nitrogens with two attached hydrogens (primary N) is 1. The summed E-state index contributed by atoms with van der Waals surface area (Å²) in [5, 5.41) is 2.90. The summed E-state index contributed by atoms with van der Waals surface area (Å²) >= 11 is 0. The SMILES string of the molecule is CCc1ccccc1NC(=O)CN1C(=O)C(c2ccccc2)Oc2ccc(N)nc21. The Hall–Kier alpha value is -3.87. The average molecular weight is 402 g/mol. The van der Waals surface area contributed by atoms with E-state index in [-0.39, 0.29) is 30.0 Å². The predicted octanol–water partition coefficient (Wildman–Crippen LogP) is 3.33. The number of benzene rings is 2. The Morgan fingerprint density at radius 3 is 2.60 bits per heavy atom. The van der Waals surface area contributed by atoms with E-state index in [2.05, 4.69) is 10.3 Å². The molecule has 0 aliphatic carbocycles. The second-order valence-electron chi connectivity index (χ2n) is 6.95. The normalized spacial score (nSPS) is 15.3. The van der Waals surface area contributed by atoms with Gasteiger partial charge in [-0.25, -0.2) is 4.98 Å². The van der Waals surface area contributed by atoms with Crippen LogP contribution in [0.25, 0.3) is 0 Å². The largest absolute Gasteiger partial charge is 0.472 e. The molecule has 30 heavy (non-hydrogen) atoms. The summed E-state index contributed by atoms with van der Waals surface area (Å²) < 4.78 is 5.91. The smallest absolute Gasteiger partial charge is 0.274 e. The van der Waals surface area contributed by atoms with Crippen molar-refractivity contribution < 1.29 is 14.3 Å². The molecule has 2 aromatic carbocycles. The fourth-order valence-electron chi connectivity index (χ4n) is 3.43. The zero-order valence-corrected chi connectivity index (χ0v) is 16.5. The number of para-hydroxylation sites is 1. The molecule has 3 N–H and O–H groups in total. The molecule has 2 heterocycles. The number of nitrogens with one attached hydrogen (secondary N) is 1. The van der Waals surface area contributed by atoms with Crippen LogP contribution >= 0.6 is 0 Å². The molecular weight excluding hydrogens is 380 g/mol. The van der Waals surface area contributed by atoms with Crippen molar-refractivity contribution in [2.45, 2.75) is 19.4 Å². The van der Waals surface area contributed by atoms with E-state index in [1.165, 1.54) is 4.90 Å². The third-order valence-electron chi connectivity index (χ3n) is 4.93. The number of hydrogen-bond acceptors (Lipinski definition) is 5. The highest BCUT2D eigenvalue weighted by Crippen LogP contribution is 2.38. The van der Waals surface area contributed by atoms with Gasteiger partial charge in [-0.2, -0.15) is 0 Å². The number of amides is 2. The monoisotopic (exact) mass is 402 g/mol. The molecule has 1 aliphatic rings. The number of carbonyl (C=O) groups is 2. The van der Waals surface area contributed by atoms with Crippen LogP contribution in [0, 0.1) is 0 Å². The summed E-state index contributed by atoms with van der Waals surface area (Å²) in [6, 6.07) is 20.0. The first-order valence-corrected chi connectivity index (χ1v) is 9.74. The van der Waals surface area contributed by atoms with Crippen LogP contribution in [-0.4, -0.2) is 23.3 Å². The molecule has 0 spiro atoms. The predicted molar refractivity (Wildman–Crippen MR) is 115 cm³/mol. The highest BCUT2D eigenvalue weighted by Gasteiger charge is 2.37. The van der Waals surface area contributed by atoms with Gasteiger partial charge in [0.2, 0.25) is 12.0 Å². The summed E-state index contributed by atoms with van der Waals surface area (Å²) in [6.07, 6.45) is -0.0796. The number of anilines is 3. The van der Waals surface area contributed by atoms with Crippen molar-refractivity contribution in [1.29, 1.82) is 0 Å². The van der Waals surface area contributed by atoms with Gasteiger partial charge in [0.1, 0.15) is 12.4 Å². The molecule has 4 rings (SSSR count). The van der Waals surface area contributed by atoms with Crippen molar-refractivity contribution in [3.05, 3.63) is 77.9 Å². The number of carbonyl (C=O) groups excluding carboxylic acids is 2. The summed E-state index contributed by atoms with van der Waals surface area (Å²) in [5.74, 6) is 0.189. The van der Waals surface area contributed by atoms with Crippen LogP contribution in [0.15, 0.2) is 66.7 Å². The van der Waals surface area contributed by atoms with Crippen molar-refractivity contribution in [3.63, 3.8) is 0 Å².